The van der Waals surface area contributed by atoms with Crippen molar-refractivity contribution in [2.75, 3.05) is 11.4 Å². The molecule has 2 atom stereocenters. The van der Waals surface area contributed by atoms with Crippen LogP contribution in [0.3, 0.4) is 0 Å². The van der Waals surface area contributed by atoms with Crippen LogP contribution in [0.1, 0.15) is 36.6 Å². The molecule has 1 N–H and O–H groups in total. The maximum Gasteiger partial charge on any atom is 0.393 e. The molecule has 3 aromatic heterocycles. The maximum atomic E-state index is 12.9. The van der Waals surface area contributed by atoms with Gasteiger partial charge in [-0.15, -0.1) is 11.3 Å². The van der Waals surface area contributed by atoms with E-state index in [1.807, 2.05) is 12.3 Å². The van der Waals surface area contributed by atoms with Crippen LogP contribution < -0.4 is 10.2 Å². The summed E-state index contributed by atoms with van der Waals surface area (Å²) in [6.07, 6.45) is 2.96. The van der Waals surface area contributed by atoms with Crippen molar-refractivity contribution < 1.29 is 13.2 Å². The standard InChI is InChI=1S/C27H28F3N5S/c1-2-35(25-24-13-23(14-27(28,29)30)36-26(24)34-17-33-25)22-10-9-21(12-22)32-15-18-5-7-19(8-6-18)20-4-3-11-31-16-20/h3-8,11,13,16-17,21-22,32H,2,9-10,12,14-15H2,1H3. The van der Waals surface area contributed by atoms with E-state index >= 15 is 0 Å². The lowest BCUT2D eigenvalue weighted by Gasteiger charge is -2.29. The van der Waals surface area contributed by atoms with Gasteiger partial charge in [-0.3, -0.25) is 4.98 Å². The van der Waals surface area contributed by atoms with E-state index in [2.05, 4.69) is 62.4 Å². The Morgan fingerprint density at radius 1 is 1.08 bits per heavy atom. The van der Waals surface area contributed by atoms with E-state index in [0.717, 1.165) is 60.6 Å². The number of hydrogen-bond acceptors (Lipinski definition) is 6. The topological polar surface area (TPSA) is 53.9 Å². The van der Waals surface area contributed by atoms with E-state index in [9.17, 15) is 13.2 Å². The fraction of sp³-hybridized carbons (Fsp3) is 0.370. The van der Waals surface area contributed by atoms with Gasteiger partial charge in [0.25, 0.3) is 0 Å². The second-order valence-electron chi connectivity index (χ2n) is 9.19. The third-order valence-corrected chi connectivity index (χ3v) is 7.78. The Morgan fingerprint density at radius 3 is 2.64 bits per heavy atom. The molecule has 0 spiro atoms. The molecule has 1 aliphatic rings. The number of hydrogen-bond donors (Lipinski definition) is 1. The number of pyridine rings is 1. The average molecular weight is 512 g/mol. The highest BCUT2D eigenvalue weighted by molar-refractivity contribution is 7.18. The minimum absolute atomic E-state index is 0.274. The van der Waals surface area contributed by atoms with Gasteiger partial charge in [0.15, 0.2) is 0 Å². The predicted molar refractivity (Wildman–Crippen MR) is 138 cm³/mol. The normalized spacial score (nSPS) is 18.1. The number of fused-ring (bicyclic) bond motifs is 1. The van der Waals surface area contributed by atoms with Crippen molar-refractivity contribution in [2.24, 2.45) is 0 Å². The number of nitrogens with one attached hydrogen (secondary N) is 1. The second kappa shape index (κ2) is 10.5. The van der Waals surface area contributed by atoms with Crippen molar-refractivity contribution >= 4 is 27.4 Å². The van der Waals surface area contributed by atoms with E-state index in [4.69, 9.17) is 0 Å². The van der Waals surface area contributed by atoms with Gasteiger partial charge in [-0.25, -0.2) is 9.97 Å². The summed E-state index contributed by atoms with van der Waals surface area (Å²) in [6.45, 7) is 3.60. The molecule has 1 fully saturated rings. The molecule has 0 aliphatic heterocycles. The van der Waals surface area contributed by atoms with Crippen molar-refractivity contribution in [1.82, 2.24) is 20.3 Å². The van der Waals surface area contributed by atoms with Gasteiger partial charge in [0, 0.05) is 42.4 Å². The van der Waals surface area contributed by atoms with E-state index in [1.54, 1.807) is 12.3 Å². The predicted octanol–water partition coefficient (Wildman–Crippen LogP) is 6.40. The SMILES string of the molecule is CCN(c1ncnc2sc(CC(F)(F)F)cc12)C1CCC(NCc2ccc(-c3cccnc3)cc2)C1. The Labute approximate surface area is 212 Å². The quantitative estimate of drug-likeness (QED) is 0.297. The Bertz CT molecular complexity index is 1290. The minimum Gasteiger partial charge on any atom is -0.353 e. The molecule has 9 heteroatoms. The van der Waals surface area contributed by atoms with E-state index in [-0.39, 0.29) is 10.9 Å². The van der Waals surface area contributed by atoms with Gasteiger partial charge in [0.2, 0.25) is 0 Å². The van der Waals surface area contributed by atoms with Gasteiger partial charge in [-0.1, -0.05) is 30.3 Å². The van der Waals surface area contributed by atoms with Gasteiger partial charge in [-0.05, 0) is 55.0 Å². The number of aromatic nitrogens is 3. The van der Waals surface area contributed by atoms with Gasteiger partial charge in [0.05, 0.1) is 11.8 Å². The van der Waals surface area contributed by atoms with Gasteiger partial charge >= 0.3 is 6.18 Å². The lowest BCUT2D eigenvalue weighted by molar-refractivity contribution is -0.126. The van der Waals surface area contributed by atoms with Gasteiger partial charge < -0.3 is 10.2 Å². The first-order chi connectivity index (χ1) is 17.4. The highest BCUT2D eigenvalue weighted by atomic mass is 32.1. The number of alkyl halides is 3. The van der Waals surface area contributed by atoms with Gasteiger partial charge in [-0.2, -0.15) is 13.2 Å². The molecule has 36 heavy (non-hydrogen) atoms. The molecule has 1 saturated carbocycles. The van der Waals surface area contributed by atoms with Crippen LogP contribution in [0.4, 0.5) is 19.0 Å². The van der Waals surface area contributed by atoms with Crippen LogP contribution in [0.5, 0.6) is 0 Å². The zero-order valence-electron chi connectivity index (χ0n) is 20.0. The average Bonchev–Trinajstić information content (AvgIpc) is 3.50. The molecule has 0 bridgehead atoms. The molecule has 0 saturated heterocycles. The number of anilines is 1. The number of nitrogens with zero attached hydrogens (tertiary/aromatic N) is 4. The van der Waals surface area contributed by atoms with Crippen LogP contribution in [0.15, 0.2) is 61.2 Å². The number of benzene rings is 1. The van der Waals surface area contributed by atoms with Crippen molar-refractivity contribution in [3.8, 4) is 11.1 Å². The van der Waals surface area contributed by atoms with Crippen molar-refractivity contribution in [3.05, 3.63) is 71.6 Å². The number of thiophene rings is 1. The molecule has 3 heterocycles. The molecule has 2 unspecified atom stereocenters. The minimum atomic E-state index is -4.23. The molecular formula is C27H28F3N5S. The third-order valence-electron chi connectivity index (χ3n) is 6.74. The molecule has 5 rings (SSSR count). The highest BCUT2D eigenvalue weighted by Crippen LogP contribution is 2.36. The molecule has 0 radical (unpaired) electrons. The summed E-state index contributed by atoms with van der Waals surface area (Å²) in [4.78, 5) is 16.0. The Kier molecular flexibility index (Phi) is 7.20. The first-order valence-corrected chi connectivity index (χ1v) is 13.0. The lowest BCUT2D eigenvalue weighted by Crippen LogP contribution is -2.36. The highest BCUT2D eigenvalue weighted by Gasteiger charge is 2.32. The largest absolute Gasteiger partial charge is 0.393 e. The molecule has 0 amide bonds. The number of halogens is 3. The molecule has 188 valence electrons. The van der Waals surface area contributed by atoms with Gasteiger partial charge in [0.1, 0.15) is 17.0 Å². The number of rotatable bonds is 8. The van der Waals surface area contributed by atoms with Crippen LogP contribution in [0.2, 0.25) is 0 Å². The summed E-state index contributed by atoms with van der Waals surface area (Å²) >= 11 is 1.10. The summed E-state index contributed by atoms with van der Waals surface area (Å²) in [7, 11) is 0. The van der Waals surface area contributed by atoms with Crippen LogP contribution in [0, 0.1) is 0 Å². The lowest BCUT2D eigenvalue weighted by atomic mass is 10.1. The summed E-state index contributed by atoms with van der Waals surface area (Å²) < 4.78 is 38.8. The monoisotopic (exact) mass is 511 g/mol. The fourth-order valence-corrected chi connectivity index (χ4v) is 6.05. The van der Waals surface area contributed by atoms with E-state index in [1.165, 1.54) is 11.9 Å². The summed E-state index contributed by atoms with van der Waals surface area (Å²) in [5.41, 5.74) is 3.48. The van der Waals surface area contributed by atoms with Crippen LogP contribution in [0.25, 0.3) is 21.3 Å². The third kappa shape index (κ3) is 5.68. The van der Waals surface area contributed by atoms with Crippen molar-refractivity contribution in [3.63, 3.8) is 0 Å². The van der Waals surface area contributed by atoms with Crippen molar-refractivity contribution in [2.45, 2.75) is 57.4 Å². The van der Waals surface area contributed by atoms with Crippen LogP contribution in [-0.4, -0.2) is 39.8 Å². The smallest absolute Gasteiger partial charge is 0.353 e. The van der Waals surface area contributed by atoms with E-state index < -0.39 is 12.6 Å². The maximum absolute atomic E-state index is 12.9. The second-order valence-corrected chi connectivity index (χ2v) is 10.3. The fourth-order valence-electron chi connectivity index (χ4n) is 5.02. The Hall–Kier alpha value is -3.04. The zero-order valence-corrected chi connectivity index (χ0v) is 20.8. The van der Waals surface area contributed by atoms with Crippen molar-refractivity contribution in [1.29, 1.82) is 0 Å². The summed E-state index contributed by atoms with van der Waals surface area (Å²) in [5.74, 6) is 0.740. The van der Waals surface area contributed by atoms with Crippen LogP contribution in [-0.2, 0) is 13.0 Å². The Morgan fingerprint density at radius 2 is 1.92 bits per heavy atom. The van der Waals surface area contributed by atoms with Crippen LogP contribution >= 0.6 is 11.3 Å². The molecular weight excluding hydrogens is 483 g/mol. The molecule has 4 aromatic rings. The molecule has 5 nitrogen and oxygen atoms in total. The first kappa shape index (κ1) is 24.6. The summed E-state index contributed by atoms with van der Waals surface area (Å²) in [5, 5.41) is 4.41. The van der Waals surface area contributed by atoms with E-state index in [0.29, 0.717) is 16.3 Å². The Balaban J connectivity index is 1.23. The first-order valence-electron chi connectivity index (χ1n) is 12.2. The summed E-state index contributed by atoms with van der Waals surface area (Å²) in [6, 6.07) is 14.8. The zero-order chi connectivity index (χ0) is 25.1. The molecule has 1 aromatic carbocycles. The molecule has 1 aliphatic carbocycles.